The number of carbonyl (C=O) groups excluding carboxylic acids is 1. The van der Waals surface area contributed by atoms with Crippen molar-refractivity contribution in [3.05, 3.63) is 0 Å². The first-order valence-corrected chi connectivity index (χ1v) is 4.32. The number of halogens is 2. The topological polar surface area (TPSA) is 46.3 Å². The molecule has 1 aliphatic rings. The fourth-order valence-corrected chi connectivity index (χ4v) is 1.37. The Balaban J connectivity index is 2.52. The minimum atomic E-state index is -2.77. The van der Waals surface area contributed by atoms with E-state index in [1.807, 2.05) is 0 Å². The Labute approximate surface area is 81.2 Å². The van der Waals surface area contributed by atoms with Crippen LogP contribution < -0.4 is 5.73 Å². The van der Waals surface area contributed by atoms with Gasteiger partial charge in [-0.1, -0.05) is 0 Å². The van der Waals surface area contributed by atoms with Gasteiger partial charge in [0, 0.05) is 19.4 Å². The maximum Gasteiger partial charge on any atom is 0.267 e. The third-order valence-electron chi connectivity index (χ3n) is 2.14. The van der Waals surface area contributed by atoms with Crippen LogP contribution in [-0.2, 0) is 4.79 Å². The molecule has 0 spiro atoms. The molecule has 1 fully saturated rings. The Kier molecular flexibility index (Phi) is 3.06. The van der Waals surface area contributed by atoms with Crippen molar-refractivity contribution in [2.45, 2.75) is 24.8 Å². The third kappa shape index (κ3) is 2.42. The van der Waals surface area contributed by atoms with Crippen molar-refractivity contribution in [3.63, 3.8) is 0 Å². The summed E-state index contributed by atoms with van der Waals surface area (Å²) in [5.74, 6) is -1.03. The number of amides is 1. The van der Waals surface area contributed by atoms with Crippen LogP contribution in [0.3, 0.4) is 0 Å². The van der Waals surface area contributed by atoms with E-state index < -0.39 is 24.4 Å². The van der Waals surface area contributed by atoms with E-state index in [9.17, 15) is 13.6 Å². The molecule has 0 bridgehead atoms. The quantitative estimate of drug-likeness (QED) is 0.650. The smallest absolute Gasteiger partial charge is 0.267 e. The Morgan fingerprint density at radius 2 is 2.36 bits per heavy atom. The molecule has 1 saturated heterocycles. The van der Waals surface area contributed by atoms with Gasteiger partial charge < -0.3 is 10.6 Å². The average molecular weight is 202 g/mol. The van der Waals surface area contributed by atoms with Crippen LogP contribution >= 0.6 is 0 Å². The molecule has 1 atom stereocenters. The minimum Gasteiger partial charge on any atom is -0.335 e. The van der Waals surface area contributed by atoms with Crippen molar-refractivity contribution in [1.82, 2.24) is 4.90 Å². The minimum absolute atomic E-state index is 0.0596. The summed E-state index contributed by atoms with van der Waals surface area (Å²) in [6.07, 6.45) is 4.76. The number of carbonyl (C=O) groups is 1. The lowest BCUT2D eigenvalue weighted by Crippen LogP contribution is -2.43. The van der Waals surface area contributed by atoms with Gasteiger partial charge in [-0.3, -0.25) is 4.79 Å². The third-order valence-corrected chi connectivity index (χ3v) is 2.14. The van der Waals surface area contributed by atoms with Gasteiger partial charge >= 0.3 is 0 Å². The second-order valence-electron chi connectivity index (χ2n) is 3.38. The molecule has 14 heavy (non-hydrogen) atoms. The van der Waals surface area contributed by atoms with E-state index in [4.69, 9.17) is 12.2 Å². The van der Waals surface area contributed by atoms with E-state index in [-0.39, 0.29) is 19.4 Å². The van der Waals surface area contributed by atoms with Crippen molar-refractivity contribution in [2.75, 3.05) is 13.1 Å². The van der Waals surface area contributed by atoms with Gasteiger partial charge in [-0.15, -0.1) is 12.3 Å². The summed E-state index contributed by atoms with van der Waals surface area (Å²) in [6, 6.07) is -0.853. The molecule has 0 saturated carbocycles. The normalized spacial score (nSPS) is 21.7. The highest BCUT2D eigenvalue weighted by Gasteiger charge is 2.41. The maximum absolute atomic E-state index is 12.7. The number of nitrogens with two attached hydrogens (primary N) is 1. The summed E-state index contributed by atoms with van der Waals surface area (Å²) in [7, 11) is 0. The Morgan fingerprint density at radius 3 is 2.79 bits per heavy atom. The van der Waals surface area contributed by atoms with Crippen LogP contribution in [0.2, 0.25) is 0 Å². The number of alkyl halides is 2. The Hall–Kier alpha value is -1.15. The van der Waals surface area contributed by atoms with E-state index in [2.05, 4.69) is 5.92 Å². The van der Waals surface area contributed by atoms with E-state index in [0.29, 0.717) is 0 Å². The van der Waals surface area contributed by atoms with Crippen LogP contribution in [0.1, 0.15) is 12.8 Å². The molecule has 1 heterocycles. The predicted octanol–water partition coefficient (Wildman–Crippen LogP) is 0.205. The van der Waals surface area contributed by atoms with Gasteiger partial charge in [0.15, 0.2) is 0 Å². The zero-order valence-corrected chi connectivity index (χ0v) is 7.67. The summed E-state index contributed by atoms with van der Waals surface area (Å²) in [5.41, 5.74) is 5.42. The molecule has 1 aliphatic heterocycles. The standard InChI is InChI=1S/C9H12F2N2O/c1-2-3-7(12)8(14)13-5-4-9(10,11)6-13/h1,7H,3-6,12H2. The van der Waals surface area contributed by atoms with Crippen LogP contribution in [0, 0.1) is 12.3 Å². The molecule has 3 nitrogen and oxygen atoms in total. The van der Waals surface area contributed by atoms with Gasteiger partial charge in [0.05, 0.1) is 12.6 Å². The number of hydrogen-bond acceptors (Lipinski definition) is 2. The Bertz CT molecular complexity index is 272. The van der Waals surface area contributed by atoms with Crippen LogP contribution in [0.5, 0.6) is 0 Å². The molecule has 1 unspecified atom stereocenters. The van der Waals surface area contributed by atoms with E-state index in [1.54, 1.807) is 0 Å². The first-order valence-electron chi connectivity index (χ1n) is 4.32. The van der Waals surface area contributed by atoms with Crippen LogP contribution in [0.15, 0.2) is 0 Å². The fourth-order valence-electron chi connectivity index (χ4n) is 1.37. The SMILES string of the molecule is C#CCC(N)C(=O)N1CCC(F)(F)C1. The Morgan fingerprint density at radius 1 is 1.71 bits per heavy atom. The van der Waals surface area contributed by atoms with Crippen molar-refractivity contribution in [2.24, 2.45) is 5.73 Å². The molecule has 0 aromatic heterocycles. The van der Waals surface area contributed by atoms with Crippen LogP contribution in [0.25, 0.3) is 0 Å². The van der Waals surface area contributed by atoms with E-state index >= 15 is 0 Å². The summed E-state index contributed by atoms with van der Waals surface area (Å²) < 4.78 is 25.5. The largest absolute Gasteiger partial charge is 0.335 e. The van der Waals surface area contributed by atoms with Gasteiger partial charge in [0.2, 0.25) is 5.91 Å². The first kappa shape index (κ1) is 10.9. The predicted molar refractivity (Wildman–Crippen MR) is 47.6 cm³/mol. The molecule has 1 rings (SSSR count). The molecule has 78 valence electrons. The number of rotatable bonds is 2. The maximum atomic E-state index is 12.7. The number of nitrogens with zero attached hydrogens (tertiary/aromatic N) is 1. The first-order chi connectivity index (χ1) is 6.46. The summed E-state index contributed by atoms with van der Waals surface area (Å²) >= 11 is 0. The number of likely N-dealkylation sites (tertiary alicyclic amines) is 1. The zero-order valence-electron chi connectivity index (χ0n) is 7.67. The lowest BCUT2D eigenvalue weighted by Gasteiger charge is -2.19. The van der Waals surface area contributed by atoms with E-state index in [1.165, 1.54) is 0 Å². The van der Waals surface area contributed by atoms with Crippen molar-refractivity contribution >= 4 is 5.91 Å². The van der Waals surface area contributed by atoms with Gasteiger partial charge in [0.1, 0.15) is 0 Å². The molecule has 0 aromatic carbocycles. The van der Waals surface area contributed by atoms with Crippen LogP contribution in [0.4, 0.5) is 8.78 Å². The zero-order chi connectivity index (χ0) is 10.8. The molecular weight excluding hydrogens is 190 g/mol. The van der Waals surface area contributed by atoms with Crippen molar-refractivity contribution < 1.29 is 13.6 Å². The second kappa shape index (κ2) is 3.93. The average Bonchev–Trinajstić information content (AvgIpc) is 2.45. The summed E-state index contributed by atoms with van der Waals surface area (Å²) in [5, 5.41) is 0. The molecule has 1 amide bonds. The summed E-state index contributed by atoms with van der Waals surface area (Å²) in [4.78, 5) is 12.5. The molecule has 5 heteroatoms. The highest BCUT2D eigenvalue weighted by molar-refractivity contribution is 5.82. The summed E-state index contributed by atoms with van der Waals surface area (Å²) in [6.45, 7) is -0.478. The monoisotopic (exact) mass is 202 g/mol. The van der Waals surface area contributed by atoms with Gasteiger partial charge in [-0.2, -0.15) is 0 Å². The second-order valence-corrected chi connectivity index (χ2v) is 3.38. The van der Waals surface area contributed by atoms with Gasteiger partial charge in [-0.05, 0) is 0 Å². The fraction of sp³-hybridized carbons (Fsp3) is 0.667. The van der Waals surface area contributed by atoms with Gasteiger partial charge in [-0.25, -0.2) is 8.78 Å². The lowest BCUT2D eigenvalue weighted by atomic mass is 10.2. The molecule has 0 radical (unpaired) electrons. The van der Waals surface area contributed by atoms with Crippen molar-refractivity contribution in [1.29, 1.82) is 0 Å². The molecule has 0 aliphatic carbocycles. The van der Waals surface area contributed by atoms with Crippen molar-refractivity contribution in [3.8, 4) is 12.3 Å². The number of terminal acetylenes is 1. The van der Waals surface area contributed by atoms with Gasteiger partial charge in [0.25, 0.3) is 5.92 Å². The molecule has 2 N–H and O–H groups in total. The van der Waals surface area contributed by atoms with Crippen LogP contribution in [-0.4, -0.2) is 35.9 Å². The number of hydrogen-bond donors (Lipinski definition) is 1. The lowest BCUT2D eigenvalue weighted by molar-refractivity contribution is -0.132. The highest BCUT2D eigenvalue weighted by Crippen LogP contribution is 2.26. The molecular formula is C9H12F2N2O. The highest BCUT2D eigenvalue weighted by atomic mass is 19.3. The van der Waals surface area contributed by atoms with E-state index in [0.717, 1.165) is 4.90 Å². The molecule has 0 aromatic rings.